The first kappa shape index (κ1) is 24.9. The molecule has 3 aromatic rings. The summed E-state index contributed by atoms with van der Waals surface area (Å²) >= 11 is 1.21. The largest absolute Gasteiger partial charge is 0.504 e. The highest BCUT2D eigenvalue weighted by molar-refractivity contribution is 8.18. The average molecular weight is 508 g/mol. The van der Waals surface area contributed by atoms with Crippen LogP contribution in [0.3, 0.4) is 0 Å². The maximum atomic E-state index is 13.3. The van der Waals surface area contributed by atoms with Crippen LogP contribution in [0.5, 0.6) is 23.0 Å². The van der Waals surface area contributed by atoms with Crippen molar-refractivity contribution in [2.45, 2.75) is 13.5 Å². The van der Waals surface area contributed by atoms with Crippen molar-refractivity contribution < 1.29 is 28.5 Å². The maximum absolute atomic E-state index is 13.3. The summed E-state index contributed by atoms with van der Waals surface area (Å²) in [6, 6.07) is 13.9. The second-order valence-corrected chi connectivity index (χ2v) is 8.49. The molecule has 0 bridgehead atoms. The van der Waals surface area contributed by atoms with Crippen LogP contribution < -0.4 is 14.2 Å². The highest BCUT2D eigenvalue weighted by atomic mass is 32.2. The molecule has 1 fully saturated rings. The van der Waals surface area contributed by atoms with E-state index in [1.165, 1.54) is 28.9 Å². The molecular weight excluding hydrogens is 482 g/mol. The number of aromatic hydroxyl groups is 1. The molecule has 0 spiro atoms. The molecule has 1 amide bonds. The lowest BCUT2D eigenvalue weighted by atomic mass is 10.2. The molecule has 186 valence electrons. The lowest BCUT2D eigenvalue weighted by Crippen LogP contribution is -2.28. The molecule has 0 radical (unpaired) electrons. The number of ether oxygens (including phenoxy) is 3. The van der Waals surface area contributed by atoms with Crippen molar-refractivity contribution in [1.82, 2.24) is 4.90 Å². The number of benzene rings is 2. The molecule has 1 saturated heterocycles. The third-order valence-corrected chi connectivity index (χ3v) is 6.12. The minimum atomic E-state index is -0.219. The van der Waals surface area contributed by atoms with Crippen molar-refractivity contribution in [2.24, 2.45) is 10.2 Å². The topological polar surface area (TPSA) is 106 Å². The normalized spacial score (nSPS) is 15.9. The van der Waals surface area contributed by atoms with E-state index in [4.69, 9.17) is 18.6 Å². The van der Waals surface area contributed by atoms with E-state index in [9.17, 15) is 9.90 Å². The van der Waals surface area contributed by atoms with Crippen LogP contribution in [0.15, 0.2) is 74.3 Å². The van der Waals surface area contributed by atoms with E-state index in [0.717, 1.165) is 5.56 Å². The first-order valence-electron chi connectivity index (χ1n) is 11.0. The Balaban J connectivity index is 1.62. The van der Waals surface area contributed by atoms with E-state index in [0.29, 0.717) is 45.3 Å². The summed E-state index contributed by atoms with van der Waals surface area (Å²) in [6.45, 7) is 2.47. The van der Waals surface area contributed by atoms with Crippen molar-refractivity contribution in [3.63, 3.8) is 0 Å². The molecule has 2 aromatic carbocycles. The van der Waals surface area contributed by atoms with Crippen molar-refractivity contribution in [1.29, 1.82) is 0 Å². The first-order chi connectivity index (χ1) is 17.5. The highest BCUT2D eigenvalue weighted by Crippen LogP contribution is 2.35. The number of hydrogen-bond acceptors (Lipinski definition) is 9. The summed E-state index contributed by atoms with van der Waals surface area (Å²) in [7, 11) is 3.13. The molecule has 2 heterocycles. The zero-order chi connectivity index (χ0) is 25.5. The number of rotatable bonds is 9. The molecule has 1 aromatic heterocycles. The maximum Gasteiger partial charge on any atom is 0.267 e. The quantitative estimate of drug-likeness (QED) is 0.249. The van der Waals surface area contributed by atoms with Gasteiger partial charge in [0.25, 0.3) is 5.91 Å². The Kier molecular flexibility index (Phi) is 7.96. The van der Waals surface area contributed by atoms with Gasteiger partial charge in [0.2, 0.25) is 0 Å². The Morgan fingerprint density at radius 2 is 1.83 bits per heavy atom. The Morgan fingerprint density at radius 3 is 2.56 bits per heavy atom. The van der Waals surface area contributed by atoms with Gasteiger partial charge in [-0.05, 0) is 78.4 Å². The van der Waals surface area contributed by atoms with Crippen LogP contribution in [0.2, 0.25) is 0 Å². The van der Waals surface area contributed by atoms with Crippen LogP contribution in [0.25, 0.3) is 6.08 Å². The van der Waals surface area contributed by atoms with Crippen molar-refractivity contribution in [3.05, 3.63) is 76.6 Å². The van der Waals surface area contributed by atoms with Crippen LogP contribution >= 0.6 is 11.8 Å². The van der Waals surface area contributed by atoms with Crippen LogP contribution in [0.4, 0.5) is 0 Å². The van der Waals surface area contributed by atoms with E-state index in [2.05, 4.69) is 10.2 Å². The number of phenolic OH excluding ortho intramolecular Hbond substituents is 1. The second kappa shape index (κ2) is 11.5. The van der Waals surface area contributed by atoms with Gasteiger partial charge in [0.1, 0.15) is 5.76 Å². The van der Waals surface area contributed by atoms with Gasteiger partial charge in [-0.2, -0.15) is 5.10 Å². The van der Waals surface area contributed by atoms with Gasteiger partial charge < -0.3 is 23.7 Å². The van der Waals surface area contributed by atoms with Crippen molar-refractivity contribution >= 4 is 35.1 Å². The SMILES string of the molecule is CCOc1cc(/C=N\N=C2\S/C(=C\c3ccc(OC)c(OC)c3)C(=O)N2Cc2ccco2)ccc1O. The predicted octanol–water partition coefficient (Wildman–Crippen LogP) is 4.91. The monoisotopic (exact) mass is 507 g/mol. The summed E-state index contributed by atoms with van der Waals surface area (Å²) < 4.78 is 21.5. The van der Waals surface area contributed by atoms with Gasteiger partial charge in [-0.25, -0.2) is 0 Å². The number of furan rings is 1. The van der Waals surface area contributed by atoms with Gasteiger partial charge in [-0.15, -0.1) is 5.10 Å². The molecule has 36 heavy (non-hydrogen) atoms. The van der Waals surface area contributed by atoms with Crippen LogP contribution in [-0.2, 0) is 11.3 Å². The fraction of sp³-hybridized carbons (Fsp3) is 0.192. The molecule has 1 N–H and O–H groups in total. The molecule has 0 unspecified atom stereocenters. The number of hydrogen-bond donors (Lipinski definition) is 1. The lowest BCUT2D eigenvalue weighted by molar-refractivity contribution is -0.122. The number of methoxy groups -OCH3 is 2. The third kappa shape index (κ3) is 5.72. The predicted molar refractivity (Wildman–Crippen MR) is 139 cm³/mol. The molecule has 0 atom stereocenters. The Bertz CT molecular complexity index is 1320. The Morgan fingerprint density at radius 1 is 1.06 bits per heavy atom. The molecule has 1 aliphatic heterocycles. The number of thioether (sulfide) groups is 1. The lowest BCUT2D eigenvalue weighted by Gasteiger charge is -2.12. The van der Waals surface area contributed by atoms with E-state index in [1.54, 1.807) is 63.0 Å². The zero-order valence-electron chi connectivity index (χ0n) is 20.0. The highest BCUT2D eigenvalue weighted by Gasteiger charge is 2.34. The molecule has 4 rings (SSSR count). The van der Waals surface area contributed by atoms with Crippen molar-refractivity contribution in [3.8, 4) is 23.0 Å². The van der Waals surface area contributed by atoms with Gasteiger partial charge in [0.05, 0.1) is 44.8 Å². The number of amides is 1. The van der Waals surface area contributed by atoms with Crippen LogP contribution in [0.1, 0.15) is 23.8 Å². The summed E-state index contributed by atoms with van der Waals surface area (Å²) in [5, 5.41) is 18.8. The minimum absolute atomic E-state index is 0.0480. The summed E-state index contributed by atoms with van der Waals surface area (Å²) in [5.41, 5.74) is 1.47. The van der Waals surface area contributed by atoms with E-state index in [-0.39, 0.29) is 18.2 Å². The molecule has 0 aliphatic carbocycles. The van der Waals surface area contributed by atoms with E-state index in [1.807, 2.05) is 13.0 Å². The fourth-order valence-electron chi connectivity index (χ4n) is 3.40. The molecule has 9 nitrogen and oxygen atoms in total. The number of phenols is 1. The number of carbonyl (C=O) groups excluding carboxylic acids is 1. The van der Waals surface area contributed by atoms with Gasteiger partial charge in [-0.3, -0.25) is 9.69 Å². The van der Waals surface area contributed by atoms with Gasteiger partial charge in [0.15, 0.2) is 28.2 Å². The summed E-state index contributed by atoms with van der Waals surface area (Å²) in [5.74, 6) is 1.97. The number of carbonyl (C=O) groups is 1. The van der Waals surface area contributed by atoms with Gasteiger partial charge in [0, 0.05) is 0 Å². The molecular formula is C26H25N3O6S. The smallest absolute Gasteiger partial charge is 0.267 e. The number of nitrogens with zero attached hydrogens (tertiary/aromatic N) is 3. The minimum Gasteiger partial charge on any atom is -0.504 e. The summed E-state index contributed by atoms with van der Waals surface area (Å²) in [4.78, 5) is 15.3. The van der Waals surface area contributed by atoms with E-state index >= 15 is 0 Å². The average Bonchev–Trinajstić information content (AvgIpc) is 3.50. The summed E-state index contributed by atoms with van der Waals surface area (Å²) in [6.07, 6.45) is 4.85. The first-order valence-corrected chi connectivity index (χ1v) is 11.9. The van der Waals surface area contributed by atoms with E-state index < -0.39 is 0 Å². The van der Waals surface area contributed by atoms with Crippen LogP contribution in [-0.4, -0.2) is 48.1 Å². The zero-order valence-corrected chi connectivity index (χ0v) is 20.8. The molecule has 0 saturated carbocycles. The van der Waals surface area contributed by atoms with Gasteiger partial charge >= 0.3 is 0 Å². The van der Waals surface area contributed by atoms with Gasteiger partial charge in [-0.1, -0.05) is 6.07 Å². The Labute approximate surface area is 212 Å². The fourth-order valence-corrected chi connectivity index (χ4v) is 4.34. The van der Waals surface area contributed by atoms with Crippen LogP contribution in [0, 0.1) is 0 Å². The second-order valence-electron chi connectivity index (χ2n) is 7.48. The van der Waals surface area contributed by atoms with Crippen molar-refractivity contribution in [2.75, 3.05) is 20.8 Å². The number of amidine groups is 1. The Hall–Kier alpha value is -4.18. The standard InChI is InChI=1S/C26H25N3O6S/c1-4-34-22-13-18(7-9-20(22)30)15-27-28-26-29(16-19-6-5-11-35-19)25(31)24(36-26)14-17-8-10-21(32-2)23(12-17)33-3/h5-15,30H,4,16H2,1-3H3/b24-14-,27-15-,28-26+. The molecule has 1 aliphatic rings. The molecule has 10 heteroatoms. The third-order valence-electron chi connectivity index (χ3n) is 5.12.